The molecule has 0 amide bonds. The maximum atomic E-state index is 13.5. The number of aliphatic imine (C=N–C) groups is 1. The molecule has 11 heteroatoms. The fraction of sp³-hybridized carbons (Fsp3) is 0.250. The van der Waals surface area contributed by atoms with E-state index in [1.165, 1.54) is 12.1 Å². The van der Waals surface area contributed by atoms with Crippen molar-refractivity contribution >= 4 is 44.1 Å². The molecule has 2 rings (SSSR count). The van der Waals surface area contributed by atoms with Crippen molar-refractivity contribution in [3.8, 4) is 0 Å². The molecule has 0 aliphatic heterocycles. The van der Waals surface area contributed by atoms with Gasteiger partial charge >= 0.3 is 0 Å². The number of nitrogens with zero attached hydrogens (tertiary/aromatic N) is 3. The van der Waals surface area contributed by atoms with E-state index >= 15 is 0 Å². The summed E-state index contributed by atoms with van der Waals surface area (Å²) in [5.74, 6) is 0.0514. The van der Waals surface area contributed by atoms with Crippen LogP contribution in [0.1, 0.15) is 5.69 Å². The van der Waals surface area contributed by atoms with Crippen LogP contribution in [0.3, 0.4) is 0 Å². The van der Waals surface area contributed by atoms with Gasteiger partial charge in [0.15, 0.2) is 11.5 Å². The van der Waals surface area contributed by atoms with Crippen molar-refractivity contribution in [2.24, 2.45) is 4.99 Å². The van der Waals surface area contributed by atoms with Gasteiger partial charge in [-0.15, -0.1) is 0 Å². The van der Waals surface area contributed by atoms with Crippen LogP contribution in [0.4, 0.5) is 15.9 Å². The molecule has 2 aromatic rings. The molecule has 0 saturated carbocycles. The molecule has 1 heterocycles. The Morgan fingerprint density at radius 1 is 1.52 bits per heavy atom. The van der Waals surface area contributed by atoms with E-state index in [9.17, 15) is 13.8 Å². The van der Waals surface area contributed by atoms with Crippen LogP contribution in [0.5, 0.6) is 0 Å². The van der Waals surface area contributed by atoms with E-state index in [1.54, 1.807) is 12.3 Å². The van der Waals surface area contributed by atoms with Crippen LogP contribution < -0.4 is 10.8 Å². The predicted molar refractivity (Wildman–Crippen MR) is 86.9 cm³/mol. The first-order valence-corrected chi connectivity index (χ1v) is 8.84. The number of hydrogen-bond acceptors (Lipinski definition) is 7. The summed E-state index contributed by atoms with van der Waals surface area (Å²) in [4.78, 5) is 4.06. The highest BCUT2D eigenvalue weighted by Crippen LogP contribution is 2.22. The van der Waals surface area contributed by atoms with Gasteiger partial charge in [0.05, 0.1) is 10.2 Å². The number of rotatable bonds is 6. The van der Waals surface area contributed by atoms with E-state index in [-0.39, 0.29) is 23.0 Å². The predicted octanol–water partition coefficient (Wildman–Crippen LogP) is 1.82. The van der Waals surface area contributed by atoms with Crippen LogP contribution >= 0.6 is 15.9 Å². The standard InChI is InChI=1S/C12H13BrFN5O3S/c1-23(21)5-4-15-11-10(18-22-19-11)12(17-20)16-7-2-3-8(13)9(14)6-7/h2-3,6,20H,4-5H2,1H3,(H,15,19)(H,16,17). The average molecular weight is 406 g/mol. The van der Waals surface area contributed by atoms with Gasteiger partial charge in [0.25, 0.3) is 0 Å². The van der Waals surface area contributed by atoms with Gasteiger partial charge in [0, 0.05) is 35.4 Å². The van der Waals surface area contributed by atoms with Crippen LogP contribution in [-0.4, -0.2) is 44.1 Å². The van der Waals surface area contributed by atoms with Crippen molar-refractivity contribution in [3.63, 3.8) is 0 Å². The number of anilines is 1. The Balaban J connectivity index is 2.23. The van der Waals surface area contributed by atoms with Crippen LogP contribution in [0.15, 0.2) is 32.3 Å². The molecule has 0 spiro atoms. The van der Waals surface area contributed by atoms with Crippen LogP contribution in [-0.2, 0) is 10.8 Å². The quantitative estimate of drug-likeness (QED) is 0.381. The Hall–Kier alpha value is -1.85. The summed E-state index contributed by atoms with van der Waals surface area (Å²) in [6, 6.07) is 4.22. The van der Waals surface area contributed by atoms with E-state index in [4.69, 9.17) is 0 Å². The first kappa shape index (κ1) is 17.5. The normalized spacial score (nSPS) is 13.0. The van der Waals surface area contributed by atoms with Crippen molar-refractivity contribution in [2.45, 2.75) is 0 Å². The van der Waals surface area contributed by atoms with Crippen LogP contribution in [0.2, 0.25) is 0 Å². The van der Waals surface area contributed by atoms with E-state index in [1.807, 2.05) is 5.48 Å². The minimum Gasteiger partial charge on any atom is -0.364 e. The second-order valence-electron chi connectivity index (χ2n) is 4.34. The number of hydroxylamine groups is 1. The number of benzene rings is 1. The van der Waals surface area contributed by atoms with E-state index in [0.29, 0.717) is 16.8 Å². The second-order valence-corrected chi connectivity index (χ2v) is 6.75. The molecular weight excluding hydrogens is 393 g/mol. The van der Waals surface area contributed by atoms with Crippen molar-refractivity contribution in [1.82, 2.24) is 15.8 Å². The third-order valence-corrected chi connectivity index (χ3v) is 4.07. The van der Waals surface area contributed by atoms with E-state index in [0.717, 1.165) is 0 Å². The molecule has 0 aliphatic carbocycles. The Morgan fingerprint density at radius 3 is 2.96 bits per heavy atom. The molecule has 1 aromatic heterocycles. The number of nitrogens with one attached hydrogen (secondary N) is 2. The summed E-state index contributed by atoms with van der Waals surface area (Å²) in [6.45, 7) is 0.371. The molecule has 0 bridgehead atoms. The topological polar surface area (TPSA) is 113 Å². The van der Waals surface area contributed by atoms with Gasteiger partial charge in [-0.1, -0.05) is 0 Å². The van der Waals surface area contributed by atoms with Crippen molar-refractivity contribution in [3.05, 3.63) is 34.2 Å². The Labute approximate surface area is 141 Å². The third kappa shape index (κ3) is 4.81. The van der Waals surface area contributed by atoms with Crippen LogP contribution in [0, 0.1) is 5.82 Å². The number of aromatic nitrogens is 2. The third-order valence-electron chi connectivity index (χ3n) is 2.64. The largest absolute Gasteiger partial charge is 0.364 e. The van der Waals surface area contributed by atoms with E-state index in [2.05, 4.69) is 41.2 Å². The molecule has 124 valence electrons. The van der Waals surface area contributed by atoms with Crippen LogP contribution in [0.25, 0.3) is 0 Å². The zero-order valence-corrected chi connectivity index (χ0v) is 14.3. The van der Waals surface area contributed by atoms with Gasteiger partial charge in [-0.05, 0) is 38.4 Å². The van der Waals surface area contributed by atoms with Gasteiger partial charge in [0.2, 0.25) is 5.82 Å². The molecular formula is C12H13BrFN5O3S. The Morgan fingerprint density at radius 2 is 2.30 bits per heavy atom. The summed E-state index contributed by atoms with van der Waals surface area (Å²) in [5, 5.41) is 19.4. The van der Waals surface area contributed by atoms with Gasteiger partial charge in [-0.3, -0.25) is 14.9 Å². The first-order valence-electron chi connectivity index (χ1n) is 6.32. The summed E-state index contributed by atoms with van der Waals surface area (Å²) < 4.78 is 29.5. The molecule has 0 aliphatic rings. The lowest BCUT2D eigenvalue weighted by molar-refractivity contribution is 0.234. The molecule has 0 radical (unpaired) electrons. The molecule has 1 atom stereocenters. The highest BCUT2D eigenvalue weighted by atomic mass is 79.9. The number of halogens is 2. The molecule has 1 aromatic carbocycles. The summed E-state index contributed by atoms with van der Waals surface area (Å²) in [7, 11) is -0.965. The lowest BCUT2D eigenvalue weighted by atomic mass is 10.3. The highest BCUT2D eigenvalue weighted by Gasteiger charge is 2.16. The van der Waals surface area contributed by atoms with Gasteiger partial charge < -0.3 is 5.32 Å². The first-order chi connectivity index (χ1) is 11.0. The molecule has 1 unspecified atom stereocenters. The lowest BCUT2D eigenvalue weighted by Crippen LogP contribution is -2.22. The zero-order valence-electron chi connectivity index (χ0n) is 11.9. The molecule has 0 saturated heterocycles. The Kier molecular flexibility index (Phi) is 6.19. The molecule has 8 nitrogen and oxygen atoms in total. The summed E-state index contributed by atoms with van der Waals surface area (Å²) >= 11 is 3.04. The molecule has 23 heavy (non-hydrogen) atoms. The summed E-state index contributed by atoms with van der Waals surface area (Å²) in [5.41, 5.74) is 2.24. The van der Waals surface area contributed by atoms with Gasteiger partial charge in [0.1, 0.15) is 5.82 Å². The van der Waals surface area contributed by atoms with Gasteiger partial charge in [-0.2, -0.15) is 0 Å². The fourth-order valence-electron chi connectivity index (χ4n) is 1.59. The number of amidine groups is 1. The van der Waals surface area contributed by atoms with Crippen molar-refractivity contribution in [1.29, 1.82) is 0 Å². The average Bonchev–Trinajstić information content (AvgIpc) is 2.96. The zero-order chi connectivity index (χ0) is 16.8. The maximum absolute atomic E-state index is 13.5. The molecule has 0 fully saturated rings. The number of hydrogen-bond donors (Lipinski definition) is 3. The lowest BCUT2D eigenvalue weighted by Gasteiger charge is -2.05. The summed E-state index contributed by atoms with van der Waals surface area (Å²) in [6.07, 6.45) is 1.58. The SMILES string of the molecule is CS(=O)CCNc1nonc1C(=Nc1ccc(Br)c(F)c1)NO. The Bertz CT molecular complexity index is 739. The molecule has 3 N–H and O–H groups in total. The van der Waals surface area contributed by atoms with Crippen molar-refractivity contribution < 1.29 is 18.4 Å². The minimum absolute atomic E-state index is 0.0758. The smallest absolute Gasteiger partial charge is 0.202 e. The fourth-order valence-corrected chi connectivity index (χ4v) is 2.22. The van der Waals surface area contributed by atoms with Gasteiger partial charge in [-0.25, -0.2) is 14.0 Å². The maximum Gasteiger partial charge on any atom is 0.202 e. The second kappa shape index (κ2) is 8.13. The minimum atomic E-state index is -0.965. The highest BCUT2D eigenvalue weighted by molar-refractivity contribution is 9.10. The monoisotopic (exact) mass is 405 g/mol. The van der Waals surface area contributed by atoms with E-state index < -0.39 is 16.6 Å². The van der Waals surface area contributed by atoms with Crippen molar-refractivity contribution in [2.75, 3.05) is 23.9 Å².